The predicted octanol–water partition coefficient (Wildman–Crippen LogP) is 3.87. The van der Waals surface area contributed by atoms with Crippen LogP contribution in [0.2, 0.25) is 0 Å². The van der Waals surface area contributed by atoms with Crippen LogP contribution in [-0.4, -0.2) is 24.1 Å². The van der Waals surface area contributed by atoms with E-state index in [4.69, 9.17) is 4.74 Å². The molecule has 0 unspecified atom stereocenters. The van der Waals surface area contributed by atoms with E-state index in [-0.39, 0.29) is 5.56 Å². The van der Waals surface area contributed by atoms with Crippen LogP contribution >= 0.6 is 22.6 Å². The van der Waals surface area contributed by atoms with Crippen molar-refractivity contribution < 1.29 is 13.5 Å². The van der Waals surface area contributed by atoms with Gasteiger partial charge in [0.15, 0.2) is 5.82 Å². The van der Waals surface area contributed by atoms with Gasteiger partial charge in [-0.15, -0.1) is 0 Å². The highest BCUT2D eigenvalue weighted by Gasteiger charge is 2.14. The Bertz CT molecular complexity index is 638. The molecular formula is C14H14F2IN3O. The van der Waals surface area contributed by atoms with E-state index >= 15 is 0 Å². The van der Waals surface area contributed by atoms with Crippen molar-refractivity contribution in [1.29, 1.82) is 0 Å². The maximum absolute atomic E-state index is 12.8. The largest absolute Gasteiger partial charge is 0.378 e. The lowest BCUT2D eigenvalue weighted by molar-refractivity contribution is 0.151. The van der Waals surface area contributed by atoms with Gasteiger partial charge in [0.25, 0.3) is 6.43 Å². The van der Waals surface area contributed by atoms with Crippen molar-refractivity contribution >= 4 is 28.4 Å². The molecule has 0 fully saturated rings. The molecule has 0 aliphatic heterocycles. The van der Waals surface area contributed by atoms with E-state index in [2.05, 4.69) is 37.9 Å². The maximum atomic E-state index is 12.8. The molecule has 0 aliphatic rings. The molecule has 1 aromatic heterocycles. The van der Waals surface area contributed by atoms with Crippen molar-refractivity contribution in [2.75, 3.05) is 19.5 Å². The van der Waals surface area contributed by atoms with Crippen LogP contribution in [0.5, 0.6) is 0 Å². The molecule has 112 valence electrons. The Labute approximate surface area is 135 Å². The number of alkyl halides is 2. The number of halogens is 3. The van der Waals surface area contributed by atoms with E-state index in [0.29, 0.717) is 23.8 Å². The molecule has 0 spiro atoms. The maximum Gasteiger partial charge on any atom is 0.263 e. The first-order chi connectivity index (χ1) is 10.1. The minimum absolute atomic E-state index is 0.0473. The number of hydrogen-bond donors (Lipinski definition) is 1. The summed E-state index contributed by atoms with van der Waals surface area (Å²) in [5, 5.41) is 2.98. The van der Waals surface area contributed by atoms with Crippen molar-refractivity contribution in [3.63, 3.8) is 0 Å². The van der Waals surface area contributed by atoms with Crippen LogP contribution in [0.3, 0.4) is 0 Å². The van der Waals surface area contributed by atoms with Gasteiger partial charge in [-0.25, -0.2) is 18.7 Å². The van der Waals surface area contributed by atoms with Crippen LogP contribution in [0.4, 0.5) is 14.6 Å². The van der Waals surface area contributed by atoms with Gasteiger partial charge in [-0.1, -0.05) is 18.2 Å². The number of nitrogens with one attached hydrogen (secondary N) is 1. The van der Waals surface area contributed by atoms with Gasteiger partial charge in [-0.05, 0) is 28.7 Å². The Balaban J connectivity index is 2.52. The van der Waals surface area contributed by atoms with Crippen LogP contribution in [-0.2, 0) is 11.3 Å². The fourth-order valence-electron chi connectivity index (χ4n) is 1.83. The zero-order valence-electron chi connectivity index (χ0n) is 11.5. The van der Waals surface area contributed by atoms with E-state index in [1.807, 2.05) is 0 Å². The van der Waals surface area contributed by atoms with Gasteiger partial charge in [0.1, 0.15) is 5.82 Å². The van der Waals surface area contributed by atoms with E-state index < -0.39 is 6.43 Å². The van der Waals surface area contributed by atoms with Crippen LogP contribution in [0.15, 0.2) is 24.3 Å². The van der Waals surface area contributed by atoms with Crippen LogP contribution in [0.1, 0.15) is 17.7 Å². The quantitative estimate of drug-likeness (QED) is 0.768. The summed E-state index contributed by atoms with van der Waals surface area (Å²) in [5.41, 5.74) is 1.22. The monoisotopic (exact) mass is 405 g/mol. The average molecular weight is 405 g/mol. The van der Waals surface area contributed by atoms with Gasteiger partial charge in [0.05, 0.1) is 15.9 Å². The molecule has 4 nitrogen and oxygen atoms in total. The summed E-state index contributed by atoms with van der Waals surface area (Å²) in [7, 11) is 3.33. The van der Waals surface area contributed by atoms with E-state index in [0.717, 1.165) is 9.26 Å². The minimum Gasteiger partial charge on any atom is -0.378 e. The summed E-state index contributed by atoms with van der Waals surface area (Å²) in [5.74, 6) is 1.05. The lowest BCUT2D eigenvalue weighted by Crippen LogP contribution is -2.06. The van der Waals surface area contributed by atoms with Gasteiger partial charge < -0.3 is 10.1 Å². The lowest BCUT2D eigenvalue weighted by Gasteiger charge is -2.11. The van der Waals surface area contributed by atoms with Crippen LogP contribution < -0.4 is 5.32 Å². The SMILES string of the molecule is CNc1nc(-c2cccc(C(F)F)c2)nc(COC)c1I. The minimum atomic E-state index is -2.52. The normalized spacial score (nSPS) is 11.0. The summed E-state index contributed by atoms with van der Waals surface area (Å²) in [6, 6.07) is 6.08. The summed E-state index contributed by atoms with van der Waals surface area (Å²) < 4.78 is 31.6. The van der Waals surface area contributed by atoms with Crippen LogP contribution in [0.25, 0.3) is 11.4 Å². The van der Waals surface area contributed by atoms with Crippen molar-refractivity contribution in [2.24, 2.45) is 0 Å². The zero-order valence-corrected chi connectivity index (χ0v) is 13.7. The molecule has 0 amide bonds. The molecule has 7 heteroatoms. The highest BCUT2D eigenvalue weighted by atomic mass is 127. The second kappa shape index (κ2) is 7.08. The molecule has 21 heavy (non-hydrogen) atoms. The number of benzene rings is 1. The Hall–Kier alpha value is -1.35. The Morgan fingerprint density at radius 2 is 2.10 bits per heavy atom. The second-order valence-electron chi connectivity index (χ2n) is 4.27. The topological polar surface area (TPSA) is 47.0 Å². The molecular weight excluding hydrogens is 391 g/mol. The number of ether oxygens (including phenoxy) is 1. The van der Waals surface area contributed by atoms with Crippen LogP contribution in [0, 0.1) is 3.57 Å². The third-order valence-corrected chi connectivity index (χ3v) is 3.97. The number of anilines is 1. The predicted molar refractivity (Wildman–Crippen MR) is 85.4 cm³/mol. The Kier molecular flexibility index (Phi) is 5.40. The number of aromatic nitrogens is 2. The van der Waals surface area contributed by atoms with E-state index in [1.54, 1.807) is 26.3 Å². The van der Waals surface area contributed by atoms with E-state index in [1.165, 1.54) is 12.1 Å². The average Bonchev–Trinajstić information content (AvgIpc) is 2.49. The van der Waals surface area contributed by atoms with Gasteiger partial charge >= 0.3 is 0 Å². The Morgan fingerprint density at radius 1 is 1.33 bits per heavy atom. The summed E-state index contributed by atoms with van der Waals surface area (Å²) in [6.45, 7) is 0.330. The molecule has 0 aliphatic carbocycles. The first-order valence-corrected chi connectivity index (χ1v) is 7.26. The summed E-state index contributed by atoms with van der Waals surface area (Å²) in [4.78, 5) is 8.79. The summed E-state index contributed by atoms with van der Waals surface area (Å²) >= 11 is 2.13. The van der Waals surface area contributed by atoms with Crippen molar-refractivity contribution in [3.05, 3.63) is 39.1 Å². The molecule has 1 N–H and O–H groups in total. The molecule has 0 radical (unpaired) electrons. The van der Waals surface area contributed by atoms with Gasteiger partial charge in [-0.3, -0.25) is 0 Å². The first kappa shape index (κ1) is 16.0. The van der Waals surface area contributed by atoms with Crippen molar-refractivity contribution in [3.8, 4) is 11.4 Å². The molecule has 1 aromatic carbocycles. The highest BCUT2D eigenvalue weighted by Crippen LogP contribution is 2.27. The van der Waals surface area contributed by atoms with E-state index in [9.17, 15) is 8.78 Å². The second-order valence-corrected chi connectivity index (χ2v) is 5.34. The zero-order chi connectivity index (χ0) is 15.4. The standard InChI is InChI=1S/C14H14F2IN3O/c1-18-14-11(17)10(7-21-2)19-13(20-14)9-5-3-4-8(6-9)12(15)16/h3-6,12H,7H2,1-2H3,(H,18,19,20). The molecule has 0 saturated heterocycles. The molecule has 0 atom stereocenters. The number of hydrogen-bond acceptors (Lipinski definition) is 4. The van der Waals surface area contributed by atoms with Gasteiger partial charge in [0, 0.05) is 25.3 Å². The lowest BCUT2D eigenvalue weighted by atomic mass is 10.1. The van der Waals surface area contributed by atoms with Crippen molar-refractivity contribution in [2.45, 2.75) is 13.0 Å². The van der Waals surface area contributed by atoms with Crippen molar-refractivity contribution in [1.82, 2.24) is 9.97 Å². The fraction of sp³-hybridized carbons (Fsp3) is 0.286. The molecule has 2 aromatic rings. The molecule has 0 bridgehead atoms. The van der Waals surface area contributed by atoms with Gasteiger partial charge in [-0.2, -0.15) is 0 Å². The first-order valence-electron chi connectivity index (χ1n) is 6.18. The fourth-order valence-corrected chi connectivity index (χ4v) is 2.50. The number of rotatable bonds is 5. The number of methoxy groups -OCH3 is 1. The summed E-state index contributed by atoms with van der Waals surface area (Å²) in [6.07, 6.45) is -2.52. The molecule has 2 rings (SSSR count). The van der Waals surface area contributed by atoms with Gasteiger partial charge in [0.2, 0.25) is 0 Å². The molecule has 1 heterocycles. The molecule has 0 saturated carbocycles. The third-order valence-electron chi connectivity index (χ3n) is 2.83. The Morgan fingerprint density at radius 3 is 2.71 bits per heavy atom. The third kappa shape index (κ3) is 3.65. The number of nitrogens with zero attached hydrogens (tertiary/aromatic N) is 2. The smallest absolute Gasteiger partial charge is 0.263 e. The highest BCUT2D eigenvalue weighted by molar-refractivity contribution is 14.1.